The highest BCUT2D eigenvalue weighted by atomic mass is 15.3. The molecule has 5 heteroatoms. The van der Waals surface area contributed by atoms with Gasteiger partial charge >= 0.3 is 0 Å². The van der Waals surface area contributed by atoms with Crippen LogP contribution in [0.25, 0.3) is 0 Å². The monoisotopic (exact) mass is 245 g/mol. The van der Waals surface area contributed by atoms with E-state index in [9.17, 15) is 0 Å². The van der Waals surface area contributed by atoms with Crippen LogP contribution >= 0.6 is 0 Å². The number of hydrogen-bond donors (Lipinski definition) is 2. The number of aromatic nitrogens is 4. The maximum atomic E-state index is 4.34. The van der Waals surface area contributed by atoms with Crippen LogP contribution in [0.3, 0.4) is 0 Å². The van der Waals surface area contributed by atoms with Gasteiger partial charge in [-0.05, 0) is 25.8 Å². The lowest BCUT2D eigenvalue weighted by Gasteiger charge is -2.02. The zero-order chi connectivity index (χ0) is 12.5. The number of hydrogen-bond acceptors (Lipinski definition) is 3. The van der Waals surface area contributed by atoms with Crippen molar-refractivity contribution in [3.8, 4) is 0 Å². The third kappa shape index (κ3) is 2.31. The highest BCUT2D eigenvalue weighted by molar-refractivity contribution is 5.18. The molecule has 2 heterocycles. The molecule has 2 aromatic heterocycles. The number of aromatic amines is 1. The van der Waals surface area contributed by atoms with Crippen molar-refractivity contribution in [2.75, 3.05) is 0 Å². The summed E-state index contributed by atoms with van der Waals surface area (Å²) in [6, 6.07) is 2.18. The summed E-state index contributed by atoms with van der Waals surface area (Å²) in [6.45, 7) is 3.76. The van der Waals surface area contributed by atoms with Gasteiger partial charge in [-0.2, -0.15) is 10.2 Å². The molecule has 0 spiro atoms. The average molecular weight is 245 g/mol. The van der Waals surface area contributed by atoms with Crippen LogP contribution < -0.4 is 5.32 Å². The molecule has 0 saturated heterocycles. The normalized spacial score (nSPS) is 15.2. The number of H-pyrrole nitrogens is 1. The highest BCUT2D eigenvalue weighted by Gasteiger charge is 2.25. The summed E-state index contributed by atoms with van der Waals surface area (Å²) in [5, 5.41) is 15.1. The number of rotatable bonds is 5. The van der Waals surface area contributed by atoms with Crippen LogP contribution in [0.1, 0.15) is 41.4 Å². The Balaban J connectivity index is 1.53. The van der Waals surface area contributed by atoms with Gasteiger partial charge in [0.15, 0.2) is 0 Å². The van der Waals surface area contributed by atoms with E-state index in [-0.39, 0.29) is 0 Å². The van der Waals surface area contributed by atoms with Gasteiger partial charge in [0.05, 0.1) is 11.9 Å². The molecule has 2 N–H and O–H groups in total. The first-order valence-corrected chi connectivity index (χ1v) is 6.46. The molecule has 0 unspecified atom stereocenters. The quantitative estimate of drug-likeness (QED) is 0.841. The molecule has 3 rings (SSSR count). The first-order valence-electron chi connectivity index (χ1n) is 6.46. The van der Waals surface area contributed by atoms with Crippen LogP contribution in [-0.4, -0.2) is 20.0 Å². The van der Waals surface area contributed by atoms with Crippen LogP contribution in [-0.2, 0) is 20.1 Å². The van der Waals surface area contributed by atoms with E-state index in [4.69, 9.17) is 0 Å². The molecule has 0 radical (unpaired) electrons. The summed E-state index contributed by atoms with van der Waals surface area (Å²) >= 11 is 0. The van der Waals surface area contributed by atoms with Gasteiger partial charge in [0.25, 0.3) is 0 Å². The third-order valence-electron chi connectivity index (χ3n) is 3.61. The lowest BCUT2D eigenvalue weighted by molar-refractivity contribution is 0.671. The van der Waals surface area contributed by atoms with Crippen LogP contribution in [0.4, 0.5) is 0 Å². The Bertz CT molecular complexity index is 535. The molecule has 1 saturated carbocycles. The zero-order valence-electron chi connectivity index (χ0n) is 10.9. The molecular formula is C13H19N5. The summed E-state index contributed by atoms with van der Waals surface area (Å²) in [5.41, 5.74) is 4.85. The predicted molar refractivity (Wildman–Crippen MR) is 69.1 cm³/mol. The summed E-state index contributed by atoms with van der Waals surface area (Å²) in [7, 11) is 1.97. The summed E-state index contributed by atoms with van der Waals surface area (Å²) in [5.74, 6) is 0.718. The van der Waals surface area contributed by atoms with Crippen molar-refractivity contribution in [3.05, 3.63) is 34.9 Å². The molecule has 2 aromatic rings. The maximum Gasteiger partial charge on any atom is 0.0656 e. The molecule has 0 atom stereocenters. The smallest absolute Gasteiger partial charge is 0.0656 e. The van der Waals surface area contributed by atoms with E-state index in [0.29, 0.717) is 0 Å². The molecule has 5 nitrogen and oxygen atoms in total. The SMILES string of the molecule is Cc1c(CNCc2cc(C3CC3)n[nH]2)cnn1C. The molecule has 0 amide bonds. The predicted octanol–water partition coefficient (Wildman–Crippen LogP) is 1.62. The highest BCUT2D eigenvalue weighted by Crippen LogP contribution is 2.38. The Morgan fingerprint density at radius 1 is 1.44 bits per heavy atom. The molecule has 1 fully saturated rings. The molecule has 0 aromatic carbocycles. The second kappa shape index (κ2) is 4.57. The standard InChI is InChI=1S/C13H19N5/c1-9-11(7-15-18(9)2)6-14-8-12-5-13(17-16-12)10-3-4-10/h5,7,10,14H,3-4,6,8H2,1-2H3,(H,16,17). The van der Waals surface area contributed by atoms with E-state index < -0.39 is 0 Å². The Morgan fingerprint density at radius 3 is 2.94 bits per heavy atom. The Morgan fingerprint density at radius 2 is 2.28 bits per heavy atom. The van der Waals surface area contributed by atoms with Crippen LogP contribution in [0, 0.1) is 6.92 Å². The van der Waals surface area contributed by atoms with E-state index in [2.05, 4.69) is 33.6 Å². The number of nitrogens with one attached hydrogen (secondary N) is 2. The van der Waals surface area contributed by atoms with Gasteiger partial charge in [-0.15, -0.1) is 0 Å². The van der Waals surface area contributed by atoms with Crippen molar-refractivity contribution >= 4 is 0 Å². The molecule has 1 aliphatic rings. The van der Waals surface area contributed by atoms with E-state index in [0.717, 1.165) is 19.0 Å². The summed E-state index contributed by atoms with van der Waals surface area (Å²) < 4.78 is 1.90. The van der Waals surface area contributed by atoms with Crippen molar-refractivity contribution in [1.29, 1.82) is 0 Å². The lowest BCUT2D eigenvalue weighted by Crippen LogP contribution is -2.13. The van der Waals surface area contributed by atoms with Gasteiger partial charge in [0.2, 0.25) is 0 Å². The van der Waals surface area contributed by atoms with Gasteiger partial charge in [0, 0.05) is 43.0 Å². The fourth-order valence-corrected chi connectivity index (χ4v) is 2.11. The minimum atomic E-state index is 0.718. The lowest BCUT2D eigenvalue weighted by atomic mass is 10.2. The van der Waals surface area contributed by atoms with Gasteiger partial charge in [-0.1, -0.05) is 0 Å². The average Bonchev–Trinajstić information content (AvgIpc) is 3.04. The van der Waals surface area contributed by atoms with E-state index in [1.807, 2.05) is 17.9 Å². The molecule has 1 aliphatic carbocycles. The Kier molecular flexibility index (Phi) is 2.91. The maximum absolute atomic E-state index is 4.34. The van der Waals surface area contributed by atoms with Crippen molar-refractivity contribution in [2.45, 2.75) is 38.8 Å². The zero-order valence-corrected chi connectivity index (χ0v) is 10.9. The molecule has 0 bridgehead atoms. The molecule has 96 valence electrons. The van der Waals surface area contributed by atoms with E-state index >= 15 is 0 Å². The van der Waals surface area contributed by atoms with E-state index in [1.54, 1.807) is 0 Å². The fraction of sp³-hybridized carbons (Fsp3) is 0.538. The van der Waals surface area contributed by atoms with Gasteiger partial charge < -0.3 is 5.32 Å². The largest absolute Gasteiger partial charge is 0.307 e. The first-order chi connectivity index (χ1) is 8.74. The van der Waals surface area contributed by atoms with E-state index in [1.165, 1.54) is 35.5 Å². The van der Waals surface area contributed by atoms with Gasteiger partial charge in [-0.25, -0.2) is 0 Å². The number of aryl methyl sites for hydroxylation is 1. The topological polar surface area (TPSA) is 58.5 Å². The van der Waals surface area contributed by atoms with Crippen molar-refractivity contribution in [2.24, 2.45) is 7.05 Å². The Hall–Kier alpha value is -1.62. The second-order valence-electron chi connectivity index (χ2n) is 5.07. The number of nitrogens with zero attached hydrogens (tertiary/aromatic N) is 3. The van der Waals surface area contributed by atoms with Crippen molar-refractivity contribution in [3.63, 3.8) is 0 Å². The fourth-order valence-electron chi connectivity index (χ4n) is 2.11. The van der Waals surface area contributed by atoms with Crippen molar-refractivity contribution < 1.29 is 0 Å². The molecule has 18 heavy (non-hydrogen) atoms. The summed E-state index contributed by atoms with van der Waals surface area (Å²) in [6.07, 6.45) is 4.52. The summed E-state index contributed by atoms with van der Waals surface area (Å²) in [4.78, 5) is 0. The Labute approximate surface area is 107 Å². The van der Waals surface area contributed by atoms with Crippen LogP contribution in [0.15, 0.2) is 12.3 Å². The van der Waals surface area contributed by atoms with Gasteiger partial charge in [-0.3, -0.25) is 9.78 Å². The molecular weight excluding hydrogens is 226 g/mol. The minimum Gasteiger partial charge on any atom is -0.307 e. The van der Waals surface area contributed by atoms with Crippen molar-refractivity contribution in [1.82, 2.24) is 25.3 Å². The van der Waals surface area contributed by atoms with Crippen LogP contribution in [0.2, 0.25) is 0 Å². The van der Waals surface area contributed by atoms with Gasteiger partial charge in [0.1, 0.15) is 0 Å². The van der Waals surface area contributed by atoms with Crippen LogP contribution in [0.5, 0.6) is 0 Å². The first kappa shape index (κ1) is 11.5. The second-order valence-corrected chi connectivity index (χ2v) is 5.07. The third-order valence-corrected chi connectivity index (χ3v) is 3.61. The minimum absolute atomic E-state index is 0.718. The molecule has 0 aliphatic heterocycles.